The molecule has 4 nitrogen and oxygen atoms in total. The normalized spacial score (nSPS) is 11.3. The third kappa shape index (κ3) is 4.90. The fourth-order valence-electron chi connectivity index (χ4n) is 8.17. The van der Waals surface area contributed by atoms with Gasteiger partial charge in [-0.1, -0.05) is 115 Å². The van der Waals surface area contributed by atoms with Crippen molar-refractivity contribution in [1.82, 2.24) is 9.13 Å². The van der Waals surface area contributed by atoms with E-state index < -0.39 is 0 Å². The van der Waals surface area contributed by atoms with Crippen molar-refractivity contribution in [2.24, 2.45) is 0 Å². The molecule has 10 aromatic rings. The Balaban J connectivity index is 1.34. The van der Waals surface area contributed by atoms with Gasteiger partial charge < -0.3 is 9.13 Å². The number of rotatable bonds is 5. The third-order valence-electron chi connectivity index (χ3n) is 10.5. The lowest BCUT2D eigenvalue weighted by Crippen LogP contribution is -2.02. The molecular weight excluding hydrogens is 657 g/mol. The van der Waals surface area contributed by atoms with E-state index in [4.69, 9.17) is 0 Å². The molecule has 250 valence electrons. The predicted molar refractivity (Wildman–Crippen MR) is 221 cm³/mol. The van der Waals surface area contributed by atoms with E-state index in [1.54, 1.807) is 0 Å². The average molecular weight is 687 g/mol. The van der Waals surface area contributed by atoms with Crippen LogP contribution in [0.5, 0.6) is 0 Å². The quantitative estimate of drug-likeness (QED) is 0.181. The lowest BCUT2D eigenvalue weighted by atomic mass is 9.93. The van der Waals surface area contributed by atoms with Crippen molar-refractivity contribution < 1.29 is 0 Å². The molecule has 0 spiro atoms. The molecule has 0 saturated carbocycles. The number of aromatic nitrogens is 2. The van der Waals surface area contributed by atoms with Gasteiger partial charge in [0.2, 0.25) is 0 Å². The Morgan fingerprint density at radius 2 is 0.815 bits per heavy atom. The van der Waals surface area contributed by atoms with Crippen LogP contribution in [-0.4, -0.2) is 9.13 Å². The topological polar surface area (TPSA) is 57.4 Å². The Hall–Kier alpha value is -7.66. The van der Waals surface area contributed by atoms with E-state index in [-0.39, 0.29) is 0 Å². The lowest BCUT2D eigenvalue weighted by Gasteiger charge is -2.21. The zero-order valence-corrected chi connectivity index (χ0v) is 29.1. The van der Waals surface area contributed by atoms with Crippen LogP contribution in [0.3, 0.4) is 0 Å². The van der Waals surface area contributed by atoms with Crippen LogP contribution in [0.25, 0.3) is 88.4 Å². The maximum Gasteiger partial charge on any atom is 0.0991 e. The molecule has 8 aromatic carbocycles. The number of hydrogen-bond donors (Lipinski definition) is 0. The Kier molecular flexibility index (Phi) is 7.22. The largest absolute Gasteiger partial charge is 0.309 e. The van der Waals surface area contributed by atoms with Crippen molar-refractivity contribution in [3.8, 4) is 56.9 Å². The molecule has 0 unspecified atom stereocenters. The molecule has 2 heterocycles. The highest BCUT2D eigenvalue weighted by atomic mass is 15.0. The second kappa shape index (κ2) is 12.5. The molecule has 0 amide bonds. The van der Waals surface area contributed by atoms with Crippen LogP contribution in [0.15, 0.2) is 182 Å². The van der Waals surface area contributed by atoms with Gasteiger partial charge in [0.25, 0.3) is 0 Å². The van der Waals surface area contributed by atoms with Crippen molar-refractivity contribution in [2.45, 2.75) is 0 Å². The minimum Gasteiger partial charge on any atom is -0.309 e. The zero-order chi connectivity index (χ0) is 36.2. The highest BCUT2D eigenvalue weighted by molar-refractivity contribution is 6.12. The monoisotopic (exact) mass is 686 g/mol. The first-order valence-electron chi connectivity index (χ1n) is 18.0. The molecule has 0 bridgehead atoms. The average Bonchev–Trinajstić information content (AvgIpc) is 3.75. The van der Waals surface area contributed by atoms with Crippen LogP contribution in [0.1, 0.15) is 11.1 Å². The lowest BCUT2D eigenvalue weighted by molar-refractivity contribution is 1.17. The predicted octanol–water partition coefficient (Wildman–Crippen LogP) is 12.6. The van der Waals surface area contributed by atoms with Gasteiger partial charge in [-0.15, -0.1) is 0 Å². The summed E-state index contributed by atoms with van der Waals surface area (Å²) in [6, 6.07) is 68.2. The van der Waals surface area contributed by atoms with Gasteiger partial charge in [-0.05, 0) is 89.0 Å². The van der Waals surface area contributed by atoms with Gasteiger partial charge in [0.15, 0.2) is 0 Å². The molecule has 0 aliphatic rings. The third-order valence-corrected chi connectivity index (χ3v) is 10.5. The maximum atomic E-state index is 9.85. The highest BCUT2D eigenvalue weighted by Crippen LogP contribution is 2.43. The van der Waals surface area contributed by atoms with Crippen LogP contribution >= 0.6 is 0 Å². The van der Waals surface area contributed by atoms with Gasteiger partial charge in [-0.25, -0.2) is 0 Å². The first kappa shape index (κ1) is 31.1. The van der Waals surface area contributed by atoms with E-state index in [0.717, 1.165) is 77.6 Å². The minimum atomic E-state index is 0.580. The summed E-state index contributed by atoms with van der Waals surface area (Å²) in [6.45, 7) is 0. The van der Waals surface area contributed by atoms with Crippen molar-refractivity contribution in [1.29, 1.82) is 10.5 Å². The molecule has 54 heavy (non-hydrogen) atoms. The number of hydrogen-bond acceptors (Lipinski definition) is 2. The number of fused-ring (bicyclic) bond motifs is 6. The van der Waals surface area contributed by atoms with Gasteiger partial charge in [-0.3, -0.25) is 0 Å². The standard InChI is InChI=1S/C50H30N4/c51-31-33-22-24-48-44(26-33)45-27-34(32-52)23-25-49(45)53(48)39-29-37(35-12-3-1-4-13-35)28-38(30-39)41-19-11-18-40(36-14-5-2-6-15-36)50(41)54-46-20-9-7-16-42(46)43-17-8-10-21-47(43)54/h1-30H. The number of nitrogens with zero attached hydrogens (tertiary/aromatic N) is 4. The van der Waals surface area contributed by atoms with Crippen LogP contribution in [0.4, 0.5) is 0 Å². The Labute approximate surface area is 312 Å². The SMILES string of the molecule is N#Cc1ccc2c(c1)c1cc(C#N)ccc1n2-c1cc(-c2ccccc2)cc(-c2cccc(-c3ccccc3)c2-n2c3ccccc3c3ccccc32)c1. The Morgan fingerprint density at radius 3 is 1.39 bits per heavy atom. The molecule has 0 N–H and O–H groups in total. The summed E-state index contributed by atoms with van der Waals surface area (Å²) in [4.78, 5) is 0. The van der Waals surface area contributed by atoms with Gasteiger partial charge in [0.05, 0.1) is 51.0 Å². The highest BCUT2D eigenvalue weighted by Gasteiger charge is 2.21. The minimum absolute atomic E-state index is 0.580. The fourth-order valence-corrected chi connectivity index (χ4v) is 8.17. The number of benzene rings is 8. The van der Waals surface area contributed by atoms with Crippen LogP contribution in [0.2, 0.25) is 0 Å². The van der Waals surface area contributed by atoms with Crippen LogP contribution in [0, 0.1) is 22.7 Å². The van der Waals surface area contributed by atoms with Gasteiger partial charge in [-0.2, -0.15) is 10.5 Å². The Morgan fingerprint density at radius 1 is 0.333 bits per heavy atom. The van der Waals surface area contributed by atoms with E-state index in [9.17, 15) is 10.5 Å². The van der Waals surface area contributed by atoms with E-state index in [0.29, 0.717) is 11.1 Å². The van der Waals surface area contributed by atoms with Crippen LogP contribution in [-0.2, 0) is 0 Å². The second-order valence-corrected chi connectivity index (χ2v) is 13.6. The maximum absolute atomic E-state index is 9.85. The van der Waals surface area contributed by atoms with Gasteiger partial charge in [0.1, 0.15) is 0 Å². The van der Waals surface area contributed by atoms with Gasteiger partial charge in [0, 0.05) is 38.4 Å². The molecule has 4 heteroatoms. The van der Waals surface area contributed by atoms with Crippen molar-refractivity contribution in [2.75, 3.05) is 0 Å². The summed E-state index contributed by atoms with van der Waals surface area (Å²) in [7, 11) is 0. The first-order chi connectivity index (χ1) is 26.7. The number of nitriles is 2. The molecule has 10 rings (SSSR count). The molecule has 0 atom stereocenters. The van der Waals surface area contributed by atoms with Gasteiger partial charge >= 0.3 is 0 Å². The first-order valence-corrected chi connectivity index (χ1v) is 18.0. The van der Waals surface area contributed by atoms with Crippen molar-refractivity contribution in [3.05, 3.63) is 193 Å². The molecule has 0 aliphatic heterocycles. The van der Waals surface area contributed by atoms with Crippen molar-refractivity contribution >= 4 is 43.6 Å². The van der Waals surface area contributed by atoms with E-state index in [1.807, 2.05) is 42.5 Å². The van der Waals surface area contributed by atoms with E-state index >= 15 is 0 Å². The van der Waals surface area contributed by atoms with Crippen molar-refractivity contribution in [3.63, 3.8) is 0 Å². The zero-order valence-electron chi connectivity index (χ0n) is 29.1. The summed E-state index contributed by atoms with van der Waals surface area (Å²) >= 11 is 0. The summed E-state index contributed by atoms with van der Waals surface area (Å²) in [5.41, 5.74) is 14.1. The number of para-hydroxylation sites is 3. The summed E-state index contributed by atoms with van der Waals surface area (Å²) in [6.07, 6.45) is 0. The molecule has 0 saturated heterocycles. The molecule has 0 aliphatic carbocycles. The molecule has 2 aromatic heterocycles. The Bertz CT molecular complexity index is 3050. The van der Waals surface area contributed by atoms with Crippen LogP contribution < -0.4 is 0 Å². The van der Waals surface area contributed by atoms with E-state index in [2.05, 4.69) is 161 Å². The molecular formula is C50H30N4. The summed E-state index contributed by atoms with van der Waals surface area (Å²) < 4.78 is 4.70. The summed E-state index contributed by atoms with van der Waals surface area (Å²) in [5, 5.41) is 24.0. The summed E-state index contributed by atoms with van der Waals surface area (Å²) in [5.74, 6) is 0. The molecule has 0 radical (unpaired) electrons. The molecule has 0 fully saturated rings. The smallest absolute Gasteiger partial charge is 0.0991 e. The second-order valence-electron chi connectivity index (χ2n) is 13.6. The van der Waals surface area contributed by atoms with E-state index in [1.165, 1.54) is 10.8 Å². The fraction of sp³-hybridized carbons (Fsp3) is 0.